The predicted molar refractivity (Wildman–Crippen MR) is 58.5 cm³/mol. The molecule has 1 aromatic heterocycles. The van der Waals surface area contributed by atoms with Gasteiger partial charge < -0.3 is 10.6 Å². The van der Waals surface area contributed by atoms with Crippen molar-refractivity contribution in [2.45, 2.75) is 26.3 Å². The molecular weight excluding hydrogens is 196 g/mol. The maximum Gasteiger partial charge on any atom is 0.208 e. The van der Waals surface area contributed by atoms with Gasteiger partial charge in [-0.3, -0.25) is 0 Å². The van der Waals surface area contributed by atoms with Crippen LogP contribution in [0.25, 0.3) is 0 Å². The van der Waals surface area contributed by atoms with Gasteiger partial charge in [0.2, 0.25) is 5.13 Å². The molecule has 0 aliphatic carbocycles. The normalized spacial score (nSPS) is 26.5. The number of rotatable bonds is 1. The second-order valence-electron chi connectivity index (χ2n) is 4.53. The summed E-state index contributed by atoms with van der Waals surface area (Å²) in [6, 6.07) is 0.298. The van der Waals surface area contributed by atoms with Crippen LogP contribution in [0.4, 0.5) is 5.13 Å². The summed E-state index contributed by atoms with van der Waals surface area (Å²) >= 11 is 1.59. The van der Waals surface area contributed by atoms with Crippen molar-refractivity contribution in [1.29, 1.82) is 0 Å². The highest BCUT2D eigenvalue weighted by Gasteiger charge is 2.34. The van der Waals surface area contributed by atoms with Crippen LogP contribution in [0.15, 0.2) is 5.51 Å². The third kappa shape index (κ3) is 1.74. The van der Waals surface area contributed by atoms with Gasteiger partial charge in [-0.15, -0.1) is 10.2 Å². The molecule has 2 rings (SSSR count). The van der Waals surface area contributed by atoms with E-state index in [1.54, 1.807) is 16.8 Å². The topological polar surface area (TPSA) is 55.0 Å². The predicted octanol–water partition coefficient (Wildman–Crippen LogP) is 1.10. The van der Waals surface area contributed by atoms with Gasteiger partial charge in [-0.1, -0.05) is 25.2 Å². The van der Waals surface area contributed by atoms with E-state index in [0.29, 0.717) is 6.04 Å². The summed E-state index contributed by atoms with van der Waals surface area (Å²) in [5.74, 6) is 0. The smallest absolute Gasteiger partial charge is 0.208 e. The van der Waals surface area contributed by atoms with E-state index >= 15 is 0 Å². The molecule has 78 valence electrons. The fourth-order valence-corrected chi connectivity index (χ4v) is 2.43. The Morgan fingerprint density at radius 2 is 2.43 bits per heavy atom. The zero-order chi connectivity index (χ0) is 10.2. The van der Waals surface area contributed by atoms with Crippen molar-refractivity contribution in [2.24, 2.45) is 11.1 Å². The molecule has 0 amide bonds. The summed E-state index contributed by atoms with van der Waals surface area (Å²) in [6.07, 6.45) is 1.03. The summed E-state index contributed by atoms with van der Waals surface area (Å²) in [5.41, 5.74) is 8.01. The standard InChI is InChI=1S/C9H16N4S/c1-9(2)5-13(4-3-7(9)10)8-12-11-6-14-8/h6-7H,3-5,10H2,1-2H3. The van der Waals surface area contributed by atoms with E-state index in [1.807, 2.05) is 0 Å². The maximum atomic E-state index is 6.07. The van der Waals surface area contributed by atoms with Gasteiger partial charge in [0.25, 0.3) is 0 Å². The number of hydrogen-bond donors (Lipinski definition) is 1. The first-order chi connectivity index (χ1) is 6.59. The Labute approximate surface area is 88.1 Å². The first-order valence-electron chi connectivity index (χ1n) is 4.86. The lowest BCUT2D eigenvalue weighted by Gasteiger charge is -2.42. The first-order valence-corrected chi connectivity index (χ1v) is 5.74. The minimum atomic E-state index is 0.171. The van der Waals surface area contributed by atoms with Crippen molar-refractivity contribution < 1.29 is 0 Å². The fraction of sp³-hybridized carbons (Fsp3) is 0.778. The van der Waals surface area contributed by atoms with Gasteiger partial charge in [0.1, 0.15) is 5.51 Å². The molecule has 14 heavy (non-hydrogen) atoms. The Morgan fingerprint density at radius 3 is 3.00 bits per heavy atom. The number of hydrogen-bond acceptors (Lipinski definition) is 5. The minimum Gasteiger partial charge on any atom is -0.346 e. The van der Waals surface area contributed by atoms with Crippen LogP contribution in [0, 0.1) is 5.41 Å². The third-order valence-corrected chi connectivity index (χ3v) is 3.68. The summed E-state index contributed by atoms with van der Waals surface area (Å²) in [4.78, 5) is 2.28. The van der Waals surface area contributed by atoms with Crippen molar-refractivity contribution in [3.05, 3.63) is 5.51 Å². The van der Waals surface area contributed by atoms with E-state index in [9.17, 15) is 0 Å². The van der Waals surface area contributed by atoms with Crippen molar-refractivity contribution >= 4 is 16.5 Å². The van der Waals surface area contributed by atoms with Gasteiger partial charge in [0, 0.05) is 19.1 Å². The van der Waals surface area contributed by atoms with Gasteiger partial charge in [0.05, 0.1) is 0 Å². The molecule has 1 fully saturated rings. The molecule has 1 atom stereocenters. The molecule has 0 aromatic carbocycles. The van der Waals surface area contributed by atoms with Crippen molar-refractivity contribution in [1.82, 2.24) is 10.2 Å². The van der Waals surface area contributed by atoms with Gasteiger partial charge in [-0.25, -0.2) is 0 Å². The van der Waals surface area contributed by atoms with Crippen molar-refractivity contribution in [3.63, 3.8) is 0 Å². The molecule has 1 unspecified atom stereocenters. The number of piperidine rings is 1. The Morgan fingerprint density at radius 1 is 1.64 bits per heavy atom. The van der Waals surface area contributed by atoms with Crippen LogP contribution in [0.5, 0.6) is 0 Å². The molecule has 5 heteroatoms. The molecule has 1 aromatic rings. The van der Waals surface area contributed by atoms with Crippen LogP contribution in [0.1, 0.15) is 20.3 Å². The molecule has 2 N–H and O–H groups in total. The Kier molecular flexibility index (Phi) is 2.45. The Balaban J connectivity index is 2.11. The highest BCUT2D eigenvalue weighted by atomic mass is 32.1. The molecule has 0 bridgehead atoms. The van der Waals surface area contributed by atoms with Crippen LogP contribution in [0.2, 0.25) is 0 Å². The Bertz CT molecular complexity index is 296. The lowest BCUT2D eigenvalue weighted by molar-refractivity contribution is 0.245. The van der Waals surface area contributed by atoms with E-state index in [0.717, 1.165) is 24.6 Å². The molecule has 0 radical (unpaired) electrons. The quantitative estimate of drug-likeness (QED) is 0.757. The first kappa shape index (κ1) is 9.86. The molecular formula is C9H16N4S. The average Bonchev–Trinajstić information content (AvgIpc) is 2.62. The highest BCUT2D eigenvalue weighted by molar-refractivity contribution is 7.13. The molecule has 1 aliphatic heterocycles. The largest absolute Gasteiger partial charge is 0.346 e. The van der Waals surface area contributed by atoms with E-state index in [2.05, 4.69) is 28.9 Å². The monoisotopic (exact) mass is 212 g/mol. The summed E-state index contributed by atoms with van der Waals surface area (Å²) in [7, 11) is 0. The van der Waals surface area contributed by atoms with E-state index in [-0.39, 0.29) is 5.41 Å². The molecule has 0 saturated carbocycles. The lowest BCUT2D eigenvalue weighted by atomic mass is 9.80. The van der Waals surface area contributed by atoms with Gasteiger partial charge in [-0.05, 0) is 11.8 Å². The average molecular weight is 212 g/mol. The van der Waals surface area contributed by atoms with Gasteiger partial charge >= 0.3 is 0 Å². The molecule has 1 saturated heterocycles. The molecule has 0 spiro atoms. The minimum absolute atomic E-state index is 0.171. The van der Waals surface area contributed by atoms with Crippen LogP contribution < -0.4 is 10.6 Å². The zero-order valence-electron chi connectivity index (χ0n) is 8.60. The fourth-order valence-electron chi connectivity index (χ4n) is 1.84. The van der Waals surface area contributed by atoms with E-state index in [1.165, 1.54) is 0 Å². The summed E-state index contributed by atoms with van der Waals surface area (Å²) < 4.78 is 0. The molecule has 2 heterocycles. The van der Waals surface area contributed by atoms with Crippen LogP contribution >= 0.6 is 11.3 Å². The number of anilines is 1. The molecule has 1 aliphatic rings. The number of nitrogens with two attached hydrogens (primary N) is 1. The molecule has 4 nitrogen and oxygen atoms in total. The SMILES string of the molecule is CC1(C)CN(c2nncs2)CCC1N. The van der Waals surface area contributed by atoms with Crippen LogP contribution in [-0.4, -0.2) is 29.3 Å². The van der Waals surface area contributed by atoms with Crippen molar-refractivity contribution in [2.75, 3.05) is 18.0 Å². The van der Waals surface area contributed by atoms with E-state index < -0.39 is 0 Å². The maximum absolute atomic E-state index is 6.07. The Hall–Kier alpha value is -0.680. The van der Waals surface area contributed by atoms with Crippen molar-refractivity contribution in [3.8, 4) is 0 Å². The second-order valence-corrected chi connectivity index (χ2v) is 5.34. The lowest BCUT2D eigenvalue weighted by Crippen LogP contribution is -2.52. The highest BCUT2D eigenvalue weighted by Crippen LogP contribution is 2.31. The van der Waals surface area contributed by atoms with Crippen LogP contribution in [-0.2, 0) is 0 Å². The number of aromatic nitrogens is 2. The van der Waals surface area contributed by atoms with E-state index in [4.69, 9.17) is 5.73 Å². The summed E-state index contributed by atoms with van der Waals surface area (Å²) in [6.45, 7) is 6.40. The third-order valence-electron chi connectivity index (χ3n) is 2.93. The number of nitrogens with zero attached hydrogens (tertiary/aromatic N) is 3. The zero-order valence-corrected chi connectivity index (χ0v) is 9.42. The van der Waals surface area contributed by atoms with Crippen LogP contribution in [0.3, 0.4) is 0 Å². The second kappa shape index (κ2) is 3.47. The van der Waals surface area contributed by atoms with Gasteiger partial charge in [-0.2, -0.15) is 0 Å². The van der Waals surface area contributed by atoms with Gasteiger partial charge in [0.15, 0.2) is 0 Å². The summed E-state index contributed by atoms with van der Waals surface area (Å²) in [5, 5.41) is 8.96.